The predicted molar refractivity (Wildman–Crippen MR) is 115 cm³/mol. The normalized spacial score (nSPS) is 14.4. The molecule has 30 heavy (non-hydrogen) atoms. The first-order chi connectivity index (χ1) is 14.7. The number of pyridine rings is 1. The smallest absolute Gasteiger partial charge is 0.347 e. The fourth-order valence-corrected chi connectivity index (χ4v) is 3.55. The van der Waals surface area contributed by atoms with Gasteiger partial charge in [-0.3, -0.25) is 9.64 Å². The Kier molecular flexibility index (Phi) is 5.93. The molecule has 9 nitrogen and oxygen atoms in total. The standard InChI is InChI=1S/C20H20N6O2.ClHO/c1-13-11-26-12-16(23-18(26)10-22-13)15-9-14-3-4-17(24-19(14)28-20(15)27)25-7-2-5-21-6-8-25;1-2/h3-4,9-12,21H,2,5-8H2,1H3;2H. The Morgan fingerprint density at radius 1 is 1.17 bits per heavy atom. The monoisotopic (exact) mass is 428 g/mol. The van der Waals surface area contributed by atoms with E-state index in [2.05, 4.69) is 37.0 Å². The van der Waals surface area contributed by atoms with E-state index in [-0.39, 0.29) is 0 Å². The fourth-order valence-electron chi connectivity index (χ4n) is 3.55. The van der Waals surface area contributed by atoms with Gasteiger partial charge in [-0.05, 0) is 38.1 Å². The van der Waals surface area contributed by atoms with E-state index in [1.165, 1.54) is 0 Å². The summed E-state index contributed by atoms with van der Waals surface area (Å²) in [6, 6.07) is 5.72. The molecule has 0 atom stereocenters. The molecule has 0 aliphatic carbocycles. The number of fused-ring (bicyclic) bond motifs is 2. The predicted octanol–water partition coefficient (Wildman–Crippen LogP) is 2.14. The van der Waals surface area contributed by atoms with Crippen LogP contribution < -0.4 is 15.8 Å². The second-order valence-electron chi connectivity index (χ2n) is 7.02. The number of nitrogens with zero attached hydrogens (tertiary/aromatic N) is 5. The first-order valence-corrected chi connectivity index (χ1v) is 9.90. The maximum atomic E-state index is 12.6. The average Bonchev–Trinajstić information content (AvgIpc) is 2.98. The van der Waals surface area contributed by atoms with Crippen LogP contribution in [0.15, 0.2) is 46.0 Å². The SMILES string of the molecule is Cc1cn2cc(-c3cc4ccc(N5CCCNCC5)nc4oc3=O)nc2cn1.OCl. The van der Waals surface area contributed by atoms with E-state index in [1.54, 1.807) is 12.3 Å². The fraction of sp³-hybridized carbons (Fsp3) is 0.300. The number of anilines is 1. The van der Waals surface area contributed by atoms with Crippen LogP contribution in [0.1, 0.15) is 12.1 Å². The van der Waals surface area contributed by atoms with Crippen LogP contribution in [-0.4, -0.2) is 50.2 Å². The maximum absolute atomic E-state index is 12.6. The third-order valence-corrected chi connectivity index (χ3v) is 4.99. The van der Waals surface area contributed by atoms with Gasteiger partial charge in [0.1, 0.15) is 5.82 Å². The van der Waals surface area contributed by atoms with Gasteiger partial charge in [0.2, 0.25) is 5.71 Å². The van der Waals surface area contributed by atoms with Crippen molar-refractivity contribution in [2.75, 3.05) is 31.1 Å². The summed E-state index contributed by atoms with van der Waals surface area (Å²) >= 11 is 3.64. The highest BCUT2D eigenvalue weighted by atomic mass is 35.5. The van der Waals surface area contributed by atoms with Crippen LogP contribution in [0.5, 0.6) is 0 Å². The minimum atomic E-state index is -0.442. The molecule has 2 N–H and O–H groups in total. The quantitative estimate of drug-likeness (QED) is 0.500. The molecular weight excluding hydrogens is 408 g/mol. The van der Waals surface area contributed by atoms with E-state index in [9.17, 15) is 4.79 Å². The molecule has 0 amide bonds. The first-order valence-electron chi connectivity index (χ1n) is 9.56. The molecule has 0 spiro atoms. The lowest BCUT2D eigenvalue weighted by atomic mass is 10.2. The Hall–Kier alpha value is -3.01. The number of aryl methyl sites for hydroxylation is 1. The molecule has 1 aliphatic heterocycles. The third-order valence-electron chi connectivity index (χ3n) is 4.99. The zero-order valence-electron chi connectivity index (χ0n) is 16.4. The Morgan fingerprint density at radius 2 is 2.03 bits per heavy atom. The molecule has 1 saturated heterocycles. The van der Waals surface area contributed by atoms with Crippen LogP contribution in [0.25, 0.3) is 28.0 Å². The molecular formula is C20H21ClN6O3. The lowest BCUT2D eigenvalue weighted by Gasteiger charge is -2.20. The topological polar surface area (TPSA) is 109 Å². The summed E-state index contributed by atoms with van der Waals surface area (Å²) in [5.41, 5.74) is 2.45. The number of imidazole rings is 1. The van der Waals surface area contributed by atoms with Crippen LogP contribution in [0.4, 0.5) is 5.82 Å². The average molecular weight is 429 g/mol. The zero-order chi connectivity index (χ0) is 21.1. The van der Waals surface area contributed by atoms with E-state index < -0.39 is 5.63 Å². The Labute approximate surface area is 177 Å². The minimum absolute atomic E-state index is 0.352. The van der Waals surface area contributed by atoms with Crippen molar-refractivity contribution < 1.29 is 9.08 Å². The number of rotatable bonds is 2. The highest BCUT2D eigenvalue weighted by molar-refractivity contribution is 6.04. The van der Waals surface area contributed by atoms with Crippen molar-refractivity contribution in [3.8, 4) is 11.3 Å². The number of hydrogen-bond acceptors (Lipinski definition) is 8. The second kappa shape index (κ2) is 8.78. The number of hydrogen-bond donors (Lipinski definition) is 2. The van der Waals surface area contributed by atoms with Crippen molar-refractivity contribution >= 4 is 34.4 Å². The van der Waals surface area contributed by atoms with Gasteiger partial charge in [-0.25, -0.2) is 9.78 Å². The Bertz CT molecular complexity index is 1230. The van der Waals surface area contributed by atoms with Crippen LogP contribution in [0.3, 0.4) is 0 Å². The second-order valence-corrected chi connectivity index (χ2v) is 7.02. The largest absolute Gasteiger partial charge is 0.403 e. The van der Waals surface area contributed by atoms with Gasteiger partial charge in [-0.2, -0.15) is 4.98 Å². The summed E-state index contributed by atoms with van der Waals surface area (Å²) in [4.78, 5) is 28.2. The summed E-state index contributed by atoms with van der Waals surface area (Å²) in [7, 11) is 0. The highest BCUT2D eigenvalue weighted by Gasteiger charge is 2.15. The lowest BCUT2D eigenvalue weighted by Crippen LogP contribution is -2.28. The number of nitrogens with one attached hydrogen (secondary N) is 1. The lowest BCUT2D eigenvalue weighted by molar-refractivity contribution is 0.551. The van der Waals surface area contributed by atoms with Crippen LogP contribution >= 0.6 is 11.9 Å². The summed E-state index contributed by atoms with van der Waals surface area (Å²) < 4.78 is 13.9. The van der Waals surface area contributed by atoms with E-state index in [1.807, 2.05) is 35.9 Å². The Morgan fingerprint density at radius 3 is 2.90 bits per heavy atom. The first kappa shape index (κ1) is 20.3. The van der Waals surface area contributed by atoms with E-state index in [0.29, 0.717) is 22.6 Å². The molecule has 156 valence electrons. The van der Waals surface area contributed by atoms with Crippen LogP contribution in [-0.2, 0) is 0 Å². The van der Waals surface area contributed by atoms with Gasteiger partial charge in [0, 0.05) is 37.4 Å². The van der Waals surface area contributed by atoms with Gasteiger partial charge in [-0.15, -0.1) is 0 Å². The van der Waals surface area contributed by atoms with Crippen molar-refractivity contribution in [3.63, 3.8) is 0 Å². The molecule has 4 aromatic rings. The van der Waals surface area contributed by atoms with Gasteiger partial charge < -0.3 is 19.0 Å². The maximum Gasteiger partial charge on any atom is 0.347 e. The molecule has 4 aromatic heterocycles. The van der Waals surface area contributed by atoms with Crippen molar-refractivity contribution in [2.45, 2.75) is 13.3 Å². The molecule has 5 heterocycles. The molecule has 0 aromatic carbocycles. The number of halogens is 1. The van der Waals surface area contributed by atoms with Crippen molar-refractivity contribution in [1.82, 2.24) is 24.7 Å². The molecule has 1 aliphatic rings. The molecule has 5 rings (SSSR count). The van der Waals surface area contributed by atoms with E-state index >= 15 is 0 Å². The van der Waals surface area contributed by atoms with Crippen molar-refractivity contribution in [3.05, 3.63) is 52.9 Å². The minimum Gasteiger partial charge on any atom is -0.403 e. The summed E-state index contributed by atoms with van der Waals surface area (Å²) in [6.07, 6.45) is 6.43. The summed E-state index contributed by atoms with van der Waals surface area (Å²) in [6.45, 7) is 5.66. The summed E-state index contributed by atoms with van der Waals surface area (Å²) in [5, 5.41) is 4.15. The third kappa shape index (κ3) is 4.00. The number of aromatic nitrogens is 4. The molecule has 0 radical (unpaired) electrons. The van der Waals surface area contributed by atoms with Crippen molar-refractivity contribution in [2.24, 2.45) is 0 Å². The van der Waals surface area contributed by atoms with Crippen LogP contribution in [0.2, 0.25) is 0 Å². The molecule has 0 unspecified atom stereocenters. The van der Waals surface area contributed by atoms with Gasteiger partial charge >= 0.3 is 5.63 Å². The zero-order valence-corrected chi connectivity index (χ0v) is 17.1. The van der Waals surface area contributed by atoms with Gasteiger partial charge in [0.25, 0.3) is 0 Å². The van der Waals surface area contributed by atoms with Gasteiger partial charge in [0.15, 0.2) is 5.65 Å². The van der Waals surface area contributed by atoms with E-state index in [0.717, 1.165) is 49.5 Å². The molecule has 0 saturated carbocycles. The van der Waals surface area contributed by atoms with Gasteiger partial charge in [-0.1, -0.05) is 0 Å². The molecule has 1 fully saturated rings. The molecule has 0 bridgehead atoms. The van der Waals surface area contributed by atoms with E-state index in [4.69, 9.17) is 9.08 Å². The van der Waals surface area contributed by atoms with Crippen molar-refractivity contribution in [1.29, 1.82) is 0 Å². The van der Waals surface area contributed by atoms with Gasteiger partial charge in [0.05, 0.1) is 35.0 Å². The molecule has 10 heteroatoms. The summed E-state index contributed by atoms with van der Waals surface area (Å²) in [5.74, 6) is 0.835. The Balaban J connectivity index is 0.00000106. The van der Waals surface area contributed by atoms with Crippen LogP contribution in [0, 0.1) is 6.92 Å². The highest BCUT2D eigenvalue weighted by Crippen LogP contribution is 2.23.